The third kappa shape index (κ3) is 3.22. The van der Waals surface area contributed by atoms with Crippen LogP contribution in [0.2, 0.25) is 0 Å². The van der Waals surface area contributed by atoms with Crippen molar-refractivity contribution < 1.29 is 19.1 Å². The molecule has 1 amide bonds. The molecule has 1 aromatic heterocycles. The van der Waals surface area contributed by atoms with E-state index in [-0.39, 0.29) is 11.1 Å². The number of pyridine rings is 1. The summed E-state index contributed by atoms with van der Waals surface area (Å²) >= 11 is 0. The number of aryl methyl sites for hydroxylation is 1. The number of halogens is 1. The van der Waals surface area contributed by atoms with Crippen LogP contribution in [0, 0.1) is 19.8 Å². The van der Waals surface area contributed by atoms with Gasteiger partial charge in [-0.15, -0.1) is 0 Å². The number of carbonyl (C=O) groups is 2. The van der Waals surface area contributed by atoms with Crippen LogP contribution in [0.3, 0.4) is 0 Å². The van der Waals surface area contributed by atoms with Crippen molar-refractivity contribution >= 4 is 17.6 Å². The van der Waals surface area contributed by atoms with Crippen molar-refractivity contribution in [2.24, 2.45) is 0 Å². The van der Waals surface area contributed by atoms with Gasteiger partial charge in [-0.3, -0.25) is 4.79 Å². The fourth-order valence-electron chi connectivity index (χ4n) is 1.90. The third-order valence-electron chi connectivity index (χ3n) is 3.14. The molecule has 5 nitrogen and oxygen atoms in total. The molecule has 1 aromatic carbocycles. The first-order valence-corrected chi connectivity index (χ1v) is 6.16. The second-order valence-corrected chi connectivity index (χ2v) is 4.59. The Hall–Kier alpha value is -2.76. The summed E-state index contributed by atoms with van der Waals surface area (Å²) in [6.45, 7) is 3.45. The maximum atomic E-state index is 13.0. The fourth-order valence-corrected chi connectivity index (χ4v) is 1.90. The van der Waals surface area contributed by atoms with Crippen molar-refractivity contribution in [1.29, 1.82) is 0 Å². The van der Waals surface area contributed by atoms with E-state index >= 15 is 0 Å². The van der Waals surface area contributed by atoms with Gasteiger partial charge in [0.2, 0.25) is 5.95 Å². The molecule has 6 heteroatoms. The molecule has 2 N–H and O–H groups in total. The van der Waals surface area contributed by atoms with E-state index in [9.17, 15) is 14.0 Å². The van der Waals surface area contributed by atoms with E-state index in [1.807, 2.05) is 0 Å². The van der Waals surface area contributed by atoms with Gasteiger partial charge in [-0.1, -0.05) is 0 Å². The van der Waals surface area contributed by atoms with E-state index in [0.717, 1.165) is 11.6 Å². The van der Waals surface area contributed by atoms with Crippen LogP contribution in [0.25, 0.3) is 0 Å². The van der Waals surface area contributed by atoms with Crippen molar-refractivity contribution in [3.05, 3.63) is 58.7 Å². The largest absolute Gasteiger partial charge is 0.478 e. The quantitative estimate of drug-likeness (QED) is 0.851. The lowest BCUT2D eigenvalue weighted by Crippen LogP contribution is -2.13. The molecule has 0 aliphatic heterocycles. The smallest absolute Gasteiger partial charge is 0.336 e. The number of nitrogens with zero attached hydrogens (tertiary/aromatic N) is 1. The number of anilines is 1. The van der Waals surface area contributed by atoms with Crippen molar-refractivity contribution in [2.75, 3.05) is 5.32 Å². The van der Waals surface area contributed by atoms with E-state index in [1.54, 1.807) is 19.9 Å². The van der Waals surface area contributed by atoms with Gasteiger partial charge in [0.15, 0.2) is 0 Å². The van der Waals surface area contributed by atoms with Crippen LogP contribution < -0.4 is 5.32 Å². The molecule has 21 heavy (non-hydrogen) atoms. The highest BCUT2D eigenvalue weighted by Gasteiger charge is 2.13. The Balaban J connectivity index is 2.32. The van der Waals surface area contributed by atoms with Crippen LogP contribution >= 0.6 is 0 Å². The summed E-state index contributed by atoms with van der Waals surface area (Å²) in [5.74, 6) is -2.36. The Bertz CT molecular complexity index is 729. The molecule has 0 spiro atoms. The molecule has 0 fully saturated rings. The molecular weight excluding hydrogens is 275 g/mol. The molecule has 0 saturated carbocycles. The van der Waals surface area contributed by atoms with E-state index in [2.05, 4.69) is 10.3 Å². The molecule has 2 aromatic rings. The van der Waals surface area contributed by atoms with Crippen molar-refractivity contribution in [2.45, 2.75) is 13.8 Å². The van der Waals surface area contributed by atoms with Crippen LogP contribution in [0.1, 0.15) is 31.8 Å². The third-order valence-corrected chi connectivity index (χ3v) is 3.14. The second-order valence-electron chi connectivity index (χ2n) is 4.59. The van der Waals surface area contributed by atoms with Crippen LogP contribution in [0.5, 0.6) is 0 Å². The van der Waals surface area contributed by atoms with Gasteiger partial charge in [0, 0.05) is 23.5 Å². The van der Waals surface area contributed by atoms with Gasteiger partial charge in [-0.2, -0.15) is 4.39 Å². The van der Waals surface area contributed by atoms with Gasteiger partial charge < -0.3 is 10.4 Å². The number of carbonyl (C=O) groups excluding carboxylic acids is 1. The average molecular weight is 288 g/mol. The Kier molecular flexibility index (Phi) is 3.98. The average Bonchev–Trinajstić information content (AvgIpc) is 2.42. The number of rotatable bonds is 3. The molecule has 0 bridgehead atoms. The predicted molar refractivity (Wildman–Crippen MR) is 75.0 cm³/mol. The number of carboxylic acids is 1. The lowest BCUT2D eigenvalue weighted by atomic mass is 10.0. The first-order valence-electron chi connectivity index (χ1n) is 6.16. The van der Waals surface area contributed by atoms with Gasteiger partial charge in [-0.25, -0.2) is 9.78 Å². The zero-order valence-corrected chi connectivity index (χ0v) is 11.5. The van der Waals surface area contributed by atoms with Crippen LogP contribution in [-0.4, -0.2) is 22.0 Å². The zero-order chi connectivity index (χ0) is 15.6. The van der Waals surface area contributed by atoms with Gasteiger partial charge in [0.25, 0.3) is 5.91 Å². The lowest BCUT2D eigenvalue weighted by Gasteiger charge is -2.10. The number of carboxylic acid groups (broad SMARTS) is 1. The van der Waals surface area contributed by atoms with Gasteiger partial charge >= 0.3 is 5.97 Å². The summed E-state index contributed by atoms with van der Waals surface area (Å²) in [7, 11) is 0. The number of benzene rings is 1. The number of amides is 1. The standard InChI is InChI=1S/C15H13FN2O3/c1-8-5-11(7-12(9(8)2)15(20)21)18-14(19)10-3-4-17-13(16)6-10/h3-7H,1-2H3,(H,18,19)(H,20,21). The van der Waals surface area contributed by atoms with Crippen LogP contribution in [-0.2, 0) is 0 Å². The molecule has 108 valence electrons. The molecule has 0 saturated heterocycles. The molecule has 0 aliphatic rings. The molecule has 0 aliphatic carbocycles. The van der Waals surface area contributed by atoms with E-state index in [4.69, 9.17) is 5.11 Å². The van der Waals surface area contributed by atoms with E-state index in [0.29, 0.717) is 11.3 Å². The van der Waals surface area contributed by atoms with Crippen molar-refractivity contribution in [1.82, 2.24) is 4.98 Å². The molecule has 0 atom stereocenters. The van der Waals surface area contributed by atoms with E-state index in [1.165, 1.54) is 18.3 Å². The Morgan fingerprint density at radius 1 is 1.24 bits per heavy atom. The second kappa shape index (κ2) is 5.70. The number of hydrogen-bond acceptors (Lipinski definition) is 3. The number of hydrogen-bond donors (Lipinski definition) is 2. The van der Waals surface area contributed by atoms with Gasteiger partial charge in [-0.05, 0) is 43.2 Å². The lowest BCUT2D eigenvalue weighted by molar-refractivity contribution is 0.0695. The summed E-state index contributed by atoms with van der Waals surface area (Å²) in [4.78, 5) is 26.5. The van der Waals surface area contributed by atoms with Crippen LogP contribution in [0.4, 0.5) is 10.1 Å². The molecule has 0 unspecified atom stereocenters. The predicted octanol–water partition coefficient (Wildman–Crippen LogP) is 2.79. The number of aromatic nitrogens is 1. The summed E-state index contributed by atoms with van der Waals surface area (Å²) in [5, 5.41) is 11.7. The zero-order valence-electron chi connectivity index (χ0n) is 11.5. The maximum Gasteiger partial charge on any atom is 0.336 e. The minimum atomic E-state index is -1.07. The maximum absolute atomic E-state index is 13.0. The minimum Gasteiger partial charge on any atom is -0.478 e. The SMILES string of the molecule is Cc1cc(NC(=O)c2ccnc(F)c2)cc(C(=O)O)c1C. The molecule has 2 rings (SSSR count). The van der Waals surface area contributed by atoms with Gasteiger partial charge in [0.05, 0.1) is 5.56 Å². The Labute approximate surface area is 120 Å². The summed E-state index contributed by atoms with van der Waals surface area (Å²) in [6, 6.07) is 5.42. The first kappa shape index (κ1) is 14.6. The normalized spacial score (nSPS) is 10.2. The summed E-state index contributed by atoms with van der Waals surface area (Å²) in [5.41, 5.74) is 1.95. The Morgan fingerprint density at radius 3 is 2.57 bits per heavy atom. The van der Waals surface area contributed by atoms with Gasteiger partial charge in [0.1, 0.15) is 0 Å². The highest BCUT2D eigenvalue weighted by atomic mass is 19.1. The Morgan fingerprint density at radius 2 is 1.95 bits per heavy atom. The van der Waals surface area contributed by atoms with E-state index < -0.39 is 17.8 Å². The van der Waals surface area contributed by atoms with Crippen molar-refractivity contribution in [3.63, 3.8) is 0 Å². The number of nitrogens with one attached hydrogen (secondary N) is 1. The molecule has 0 radical (unpaired) electrons. The molecular formula is C15H13FN2O3. The molecule has 1 heterocycles. The topological polar surface area (TPSA) is 79.3 Å². The minimum absolute atomic E-state index is 0.109. The summed E-state index contributed by atoms with van der Waals surface area (Å²) in [6.07, 6.45) is 1.19. The number of aromatic carboxylic acids is 1. The van der Waals surface area contributed by atoms with Crippen LogP contribution in [0.15, 0.2) is 30.5 Å². The monoisotopic (exact) mass is 288 g/mol. The first-order chi connectivity index (χ1) is 9.88. The fraction of sp³-hybridized carbons (Fsp3) is 0.133. The highest BCUT2D eigenvalue weighted by Crippen LogP contribution is 2.20. The van der Waals surface area contributed by atoms with Crippen molar-refractivity contribution in [3.8, 4) is 0 Å². The summed E-state index contributed by atoms with van der Waals surface area (Å²) < 4.78 is 13.0. The highest BCUT2D eigenvalue weighted by molar-refractivity contribution is 6.05.